The number of hydrogen-bond acceptors (Lipinski definition) is 3. The van der Waals surface area contributed by atoms with E-state index in [0.29, 0.717) is 24.9 Å². The summed E-state index contributed by atoms with van der Waals surface area (Å²) < 4.78 is 53.5. The molecule has 0 radical (unpaired) electrons. The predicted octanol–water partition coefficient (Wildman–Crippen LogP) is 2.66. The molecular formula is C12H16F4N2O. The minimum atomic E-state index is -4.51. The van der Waals surface area contributed by atoms with E-state index in [0.717, 1.165) is 0 Å². The monoisotopic (exact) mass is 280 g/mol. The van der Waals surface area contributed by atoms with Gasteiger partial charge >= 0.3 is 12.5 Å². The minimum absolute atomic E-state index is 0.342. The van der Waals surface area contributed by atoms with Gasteiger partial charge in [0.15, 0.2) is 0 Å². The van der Waals surface area contributed by atoms with Crippen LogP contribution in [0, 0.1) is 0 Å². The summed E-state index contributed by atoms with van der Waals surface area (Å²) in [5.41, 5.74) is 11.7. The number of nitrogens with two attached hydrogens (primary N) is 2. The van der Waals surface area contributed by atoms with Crippen molar-refractivity contribution in [2.45, 2.75) is 31.4 Å². The maximum Gasteiger partial charge on any atom is 0.461 e. The smallest absolute Gasteiger partial charge is 0.428 e. The average molecular weight is 280 g/mol. The summed E-state index contributed by atoms with van der Waals surface area (Å²) in [5, 5.41) is 0. The van der Waals surface area contributed by atoms with Gasteiger partial charge in [0.2, 0.25) is 0 Å². The number of benzene rings is 1. The van der Waals surface area contributed by atoms with Crippen LogP contribution in [-0.4, -0.2) is 19.1 Å². The Bertz CT molecular complexity index is 401. The molecule has 108 valence electrons. The van der Waals surface area contributed by atoms with E-state index in [2.05, 4.69) is 4.74 Å². The van der Waals surface area contributed by atoms with Crippen LogP contribution < -0.4 is 16.2 Å². The Morgan fingerprint density at radius 2 is 1.95 bits per heavy atom. The third-order valence-corrected chi connectivity index (χ3v) is 2.51. The van der Waals surface area contributed by atoms with Gasteiger partial charge in [-0.05, 0) is 37.1 Å². The molecule has 0 bridgehead atoms. The van der Waals surface area contributed by atoms with Crippen molar-refractivity contribution in [3.63, 3.8) is 0 Å². The van der Waals surface area contributed by atoms with Crippen LogP contribution in [0.5, 0.6) is 5.75 Å². The van der Waals surface area contributed by atoms with Crippen molar-refractivity contribution in [2.24, 2.45) is 11.5 Å². The fourth-order valence-corrected chi connectivity index (χ4v) is 1.51. The zero-order valence-electron chi connectivity index (χ0n) is 10.2. The van der Waals surface area contributed by atoms with E-state index in [9.17, 15) is 17.6 Å². The summed E-state index contributed by atoms with van der Waals surface area (Å²) in [6.45, 7) is 0.466. The molecule has 0 heterocycles. The van der Waals surface area contributed by atoms with E-state index in [1.807, 2.05) is 0 Å². The van der Waals surface area contributed by atoms with Gasteiger partial charge in [-0.15, -0.1) is 0 Å². The Balaban J connectivity index is 2.77. The van der Waals surface area contributed by atoms with Gasteiger partial charge in [-0.2, -0.15) is 17.6 Å². The van der Waals surface area contributed by atoms with Gasteiger partial charge in [-0.1, -0.05) is 12.1 Å². The van der Waals surface area contributed by atoms with Crippen molar-refractivity contribution >= 4 is 0 Å². The highest BCUT2D eigenvalue weighted by Crippen LogP contribution is 2.29. The van der Waals surface area contributed by atoms with Crippen molar-refractivity contribution in [1.29, 1.82) is 0 Å². The molecule has 0 unspecified atom stereocenters. The van der Waals surface area contributed by atoms with Crippen LogP contribution >= 0.6 is 0 Å². The van der Waals surface area contributed by atoms with Crippen molar-refractivity contribution in [2.75, 3.05) is 6.54 Å². The number of halogens is 4. The molecule has 1 aromatic carbocycles. The Kier molecular flexibility index (Phi) is 5.56. The van der Waals surface area contributed by atoms with Crippen molar-refractivity contribution in [1.82, 2.24) is 0 Å². The summed E-state index contributed by atoms with van der Waals surface area (Å²) in [4.78, 5) is 0. The number of hydrogen-bond donors (Lipinski definition) is 2. The zero-order chi connectivity index (χ0) is 14.5. The summed E-state index contributed by atoms with van der Waals surface area (Å²) >= 11 is 0. The van der Waals surface area contributed by atoms with Gasteiger partial charge in [0.25, 0.3) is 0 Å². The lowest BCUT2D eigenvalue weighted by Gasteiger charge is -2.18. The second-order valence-electron chi connectivity index (χ2n) is 4.07. The van der Waals surface area contributed by atoms with Crippen LogP contribution in [0.1, 0.15) is 24.4 Å². The molecule has 0 aliphatic carbocycles. The van der Waals surface area contributed by atoms with Crippen molar-refractivity contribution in [3.05, 3.63) is 29.8 Å². The first-order valence-corrected chi connectivity index (χ1v) is 5.77. The molecular weight excluding hydrogens is 264 g/mol. The first-order valence-electron chi connectivity index (χ1n) is 5.77. The molecule has 0 fully saturated rings. The van der Waals surface area contributed by atoms with E-state index in [1.54, 1.807) is 6.07 Å². The van der Waals surface area contributed by atoms with Gasteiger partial charge in [0.05, 0.1) is 0 Å². The molecule has 4 N–H and O–H groups in total. The number of rotatable bonds is 7. The van der Waals surface area contributed by atoms with E-state index >= 15 is 0 Å². The fraction of sp³-hybridized carbons (Fsp3) is 0.500. The van der Waals surface area contributed by atoms with Gasteiger partial charge < -0.3 is 16.2 Å². The highest BCUT2D eigenvalue weighted by atomic mass is 19.3. The quantitative estimate of drug-likeness (QED) is 0.755. The highest BCUT2D eigenvalue weighted by Gasteiger charge is 2.43. The summed E-state index contributed by atoms with van der Waals surface area (Å²) in [6, 6.07) is 5.06. The van der Waals surface area contributed by atoms with Crippen LogP contribution in [0.4, 0.5) is 17.6 Å². The van der Waals surface area contributed by atoms with Crippen LogP contribution in [0.15, 0.2) is 24.3 Å². The molecule has 1 atom stereocenters. The molecule has 0 aliphatic rings. The van der Waals surface area contributed by atoms with Crippen molar-refractivity contribution in [3.8, 4) is 5.75 Å². The molecule has 0 saturated heterocycles. The topological polar surface area (TPSA) is 61.3 Å². The molecule has 0 aromatic heterocycles. The second kappa shape index (κ2) is 6.72. The van der Waals surface area contributed by atoms with E-state index in [-0.39, 0.29) is 5.75 Å². The molecule has 0 spiro atoms. The SMILES string of the molecule is NCCC[C@@H](N)c1cccc(OC(F)(F)C(F)F)c1. The Morgan fingerprint density at radius 3 is 2.53 bits per heavy atom. The van der Waals surface area contributed by atoms with E-state index in [1.165, 1.54) is 18.2 Å². The molecule has 19 heavy (non-hydrogen) atoms. The molecule has 1 aromatic rings. The average Bonchev–Trinajstić information content (AvgIpc) is 2.35. The largest absolute Gasteiger partial charge is 0.461 e. The van der Waals surface area contributed by atoms with Crippen molar-refractivity contribution < 1.29 is 22.3 Å². The Morgan fingerprint density at radius 1 is 1.26 bits per heavy atom. The van der Waals surface area contributed by atoms with Crippen LogP contribution in [-0.2, 0) is 0 Å². The first-order chi connectivity index (χ1) is 8.86. The predicted molar refractivity (Wildman–Crippen MR) is 63.2 cm³/mol. The zero-order valence-corrected chi connectivity index (χ0v) is 10.2. The summed E-state index contributed by atoms with van der Waals surface area (Å²) in [6.07, 6.45) is -7.15. The van der Waals surface area contributed by atoms with Gasteiger partial charge in [-0.25, -0.2) is 0 Å². The molecule has 3 nitrogen and oxygen atoms in total. The lowest BCUT2D eigenvalue weighted by molar-refractivity contribution is -0.253. The molecule has 0 amide bonds. The maximum absolute atomic E-state index is 12.7. The summed E-state index contributed by atoms with van der Waals surface area (Å²) in [7, 11) is 0. The Hall–Kier alpha value is -1.34. The fourth-order valence-electron chi connectivity index (χ4n) is 1.51. The third-order valence-electron chi connectivity index (χ3n) is 2.51. The molecule has 7 heteroatoms. The summed E-state index contributed by atoms with van der Waals surface area (Å²) in [5.74, 6) is -0.342. The highest BCUT2D eigenvalue weighted by molar-refractivity contribution is 5.30. The molecule has 1 rings (SSSR count). The molecule has 0 aliphatic heterocycles. The van der Waals surface area contributed by atoms with Crippen LogP contribution in [0.25, 0.3) is 0 Å². The van der Waals surface area contributed by atoms with Crippen LogP contribution in [0.3, 0.4) is 0 Å². The van der Waals surface area contributed by atoms with E-state index in [4.69, 9.17) is 11.5 Å². The first kappa shape index (κ1) is 15.7. The molecule has 0 saturated carbocycles. The maximum atomic E-state index is 12.7. The normalized spacial score (nSPS) is 13.6. The van der Waals surface area contributed by atoms with Crippen LogP contribution in [0.2, 0.25) is 0 Å². The van der Waals surface area contributed by atoms with Gasteiger partial charge in [-0.3, -0.25) is 0 Å². The lowest BCUT2D eigenvalue weighted by Crippen LogP contribution is -2.33. The second-order valence-corrected chi connectivity index (χ2v) is 4.07. The van der Waals surface area contributed by atoms with Gasteiger partial charge in [0.1, 0.15) is 5.75 Å². The minimum Gasteiger partial charge on any atom is -0.428 e. The lowest BCUT2D eigenvalue weighted by atomic mass is 10.0. The number of ether oxygens (including phenoxy) is 1. The third kappa shape index (κ3) is 4.68. The van der Waals surface area contributed by atoms with Gasteiger partial charge in [0, 0.05) is 6.04 Å². The van der Waals surface area contributed by atoms with E-state index < -0.39 is 18.6 Å². The number of alkyl halides is 4. The Labute approximate surface area is 108 Å². The standard InChI is InChI=1S/C12H16F4N2O/c13-11(14)12(15,16)19-9-4-1-3-8(7-9)10(18)5-2-6-17/h1,3-4,7,10-11H,2,5-6,17-18H2/t10-/m1/s1.